The molecule has 14 heavy (non-hydrogen) atoms. The normalized spacial score (nSPS) is 28.6. The Balaban J connectivity index is 2.36. The Morgan fingerprint density at radius 1 is 1.64 bits per heavy atom. The van der Waals surface area contributed by atoms with Gasteiger partial charge >= 0.3 is 5.97 Å². The van der Waals surface area contributed by atoms with Gasteiger partial charge in [-0.3, -0.25) is 4.90 Å². The van der Waals surface area contributed by atoms with Crippen molar-refractivity contribution in [2.75, 3.05) is 19.7 Å². The summed E-state index contributed by atoms with van der Waals surface area (Å²) in [5.41, 5.74) is 0. The van der Waals surface area contributed by atoms with E-state index in [-0.39, 0.29) is 6.04 Å². The molecule has 1 N–H and O–H groups in total. The average molecular weight is 205 g/mol. The van der Waals surface area contributed by atoms with Crippen LogP contribution < -0.4 is 0 Å². The van der Waals surface area contributed by atoms with Crippen molar-refractivity contribution in [2.24, 2.45) is 0 Å². The molecule has 2 unspecified atom stereocenters. The van der Waals surface area contributed by atoms with Crippen molar-refractivity contribution in [2.45, 2.75) is 32.2 Å². The molecule has 0 saturated carbocycles. The van der Waals surface area contributed by atoms with Crippen LogP contribution in [-0.4, -0.2) is 54.0 Å². The highest BCUT2D eigenvalue weighted by Gasteiger charge is 2.34. The van der Waals surface area contributed by atoms with Crippen LogP contribution in [0, 0.1) is 0 Å². The van der Waals surface area contributed by atoms with Gasteiger partial charge in [0.15, 0.2) is 0 Å². The number of ether oxygens (including phenoxy) is 1. The van der Waals surface area contributed by atoms with E-state index in [0.717, 1.165) is 0 Å². The van der Waals surface area contributed by atoms with Crippen LogP contribution in [0.1, 0.15) is 13.8 Å². The number of likely N-dealkylation sites (tertiary alicyclic amines) is 1. The molecule has 0 bridgehead atoms. The fraction of sp³-hybridized carbons (Fsp3) is 0.889. The number of aliphatic carboxylic acids is 1. The van der Waals surface area contributed by atoms with Crippen molar-refractivity contribution in [3.8, 4) is 0 Å². The van der Waals surface area contributed by atoms with Gasteiger partial charge in [-0.1, -0.05) is 0 Å². The van der Waals surface area contributed by atoms with E-state index >= 15 is 0 Å². The van der Waals surface area contributed by atoms with E-state index in [0.29, 0.717) is 13.1 Å². The van der Waals surface area contributed by atoms with Crippen molar-refractivity contribution >= 4 is 5.97 Å². The van der Waals surface area contributed by atoms with E-state index in [4.69, 9.17) is 9.84 Å². The first-order valence-electron chi connectivity index (χ1n) is 4.72. The van der Waals surface area contributed by atoms with Gasteiger partial charge in [-0.15, -0.1) is 0 Å². The van der Waals surface area contributed by atoms with Crippen LogP contribution in [-0.2, 0) is 9.53 Å². The molecule has 1 aliphatic rings. The summed E-state index contributed by atoms with van der Waals surface area (Å²) < 4.78 is 18.2. The summed E-state index contributed by atoms with van der Waals surface area (Å²) in [6, 6.07) is 0.270. The number of hydrogen-bond donors (Lipinski definition) is 1. The summed E-state index contributed by atoms with van der Waals surface area (Å²) in [4.78, 5) is 12.2. The molecule has 1 fully saturated rings. The Morgan fingerprint density at radius 3 is 2.71 bits per heavy atom. The largest absolute Gasteiger partial charge is 0.480 e. The first kappa shape index (κ1) is 11.4. The van der Waals surface area contributed by atoms with Gasteiger partial charge in [-0.25, -0.2) is 9.18 Å². The Hall–Kier alpha value is -0.680. The van der Waals surface area contributed by atoms with Gasteiger partial charge in [0.2, 0.25) is 0 Å². The molecule has 2 atom stereocenters. The third-order valence-electron chi connectivity index (χ3n) is 2.38. The quantitative estimate of drug-likeness (QED) is 0.727. The summed E-state index contributed by atoms with van der Waals surface area (Å²) in [5.74, 6) is -1.06. The topological polar surface area (TPSA) is 49.8 Å². The Bertz CT molecular complexity index is 210. The van der Waals surface area contributed by atoms with E-state index < -0.39 is 24.9 Å². The Morgan fingerprint density at radius 2 is 2.29 bits per heavy atom. The molecule has 0 aliphatic carbocycles. The predicted molar refractivity (Wildman–Crippen MR) is 49.0 cm³/mol. The van der Waals surface area contributed by atoms with E-state index in [1.54, 1.807) is 0 Å². The van der Waals surface area contributed by atoms with Crippen molar-refractivity contribution in [1.29, 1.82) is 0 Å². The molecule has 0 aromatic carbocycles. The molecule has 0 aromatic rings. The van der Waals surface area contributed by atoms with E-state index in [9.17, 15) is 9.18 Å². The number of nitrogens with zero attached hydrogens (tertiary/aromatic N) is 1. The minimum absolute atomic E-state index is 0.270. The van der Waals surface area contributed by atoms with E-state index in [1.165, 1.54) is 0 Å². The number of hydrogen-bond acceptors (Lipinski definition) is 3. The maximum Gasteiger partial charge on any atom is 0.329 e. The maximum atomic E-state index is 13.3. The van der Waals surface area contributed by atoms with Crippen LogP contribution in [0.3, 0.4) is 0 Å². The lowest BCUT2D eigenvalue weighted by molar-refractivity contribution is -0.144. The smallest absolute Gasteiger partial charge is 0.329 e. The summed E-state index contributed by atoms with van der Waals surface area (Å²) in [6.45, 7) is 4.35. The minimum Gasteiger partial charge on any atom is -0.480 e. The molecule has 0 radical (unpaired) electrons. The van der Waals surface area contributed by atoms with Crippen LogP contribution in [0.25, 0.3) is 0 Å². The zero-order valence-electron chi connectivity index (χ0n) is 8.44. The summed E-state index contributed by atoms with van der Waals surface area (Å²) in [6.07, 6.45) is -1.66. The SMILES string of the molecule is CC(C)N1CC(F)C(OCC(=O)O)C1. The van der Waals surface area contributed by atoms with Gasteiger partial charge in [0.1, 0.15) is 18.9 Å². The van der Waals surface area contributed by atoms with Crippen molar-refractivity contribution in [3.05, 3.63) is 0 Å². The molecule has 1 rings (SSSR count). The number of halogens is 1. The molecule has 4 nitrogen and oxygen atoms in total. The molecule has 0 amide bonds. The number of carboxylic acids is 1. The van der Waals surface area contributed by atoms with Crippen LogP contribution in [0.4, 0.5) is 4.39 Å². The second-order valence-electron chi connectivity index (χ2n) is 3.81. The molecule has 1 aliphatic heterocycles. The molecular formula is C9H16FNO3. The van der Waals surface area contributed by atoms with E-state index in [1.807, 2.05) is 18.7 Å². The van der Waals surface area contributed by atoms with E-state index in [2.05, 4.69) is 0 Å². The summed E-state index contributed by atoms with van der Waals surface area (Å²) in [5, 5.41) is 8.37. The predicted octanol–water partition coefficient (Wildman–Crippen LogP) is 0.518. The number of carboxylic acid groups (broad SMARTS) is 1. The van der Waals surface area contributed by atoms with Crippen LogP contribution in [0.5, 0.6) is 0 Å². The average Bonchev–Trinajstić information content (AvgIpc) is 2.43. The van der Waals surface area contributed by atoms with Gasteiger partial charge < -0.3 is 9.84 Å². The van der Waals surface area contributed by atoms with Gasteiger partial charge in [0.25, 0.3) is 0 Å². The van der Waals surface area contributed by atoms with Gasteiger partial charge in [0.05, 0.1) is 0 Å². The van der Waals surface area contributed by atoms with Crippen LogP contribution >= 0.6 is 0 Å². The minimum atomic E-state index is -1.07. The lowest BCUT2D eigenvalue weighted by atomic mass is 10.3. The van der Waals surface area contributed by atoms with Gasteiger partial charge in [0, 0.05) is 19.1 Å². The highest BCUT2D eigenvalue weighted by atomic mass is 19.1. The fourth-order valence-electron chi connectivity index (χ4n) is 1.52. The van der Waals surface area contributed by atoms with Crippen LogP contribution in [0.15, 0.2) is 0 Å². The monoisotopic (exact) mass is 205 g/mol. The molecule has 1 heterocycles. The first-order valence-corrected chi connectivity index (χ1v) is 4.72. The second kappa shape index (κ2) is 4.70. The lowest BCUT2D eigenvalue weighted by Crippen LogP contribution is -2.30. The standard InChI is InChI=1S/C9H16FNO3/c1-6(2)11-3-7(10)8(4-11)14-5-9(12)13/h6-8H,3-5H2,1-2H3,(H,12,13). The number of carbonyl (C=O) groups is 1. The highest BCUT2D eigenvalue weighted by Crippen LogP contribution is 2.18. The Kier molecular flexibility index (Phi) is 3.83. The third kappa shape index (κ3) is 2.92. The highest BCUT2D eigenvalue weighted by molar-refractivity contribution is 5.68. The zero-order valence-corrected chi connectivity index (χ0v) is 8.44. The second-order valence-corrected chi connectivity index (χ2v) is 3.81. The maximum absolute atomic E-state index is 13.3. The zero-order chi connectivity index (χ0) is 10.7. The van der Waals surface area contributed by atoms with Crippen molar-refractivity contribution in [1.82, 2.24) is 4.90 Å². The number of rotatable bonds is 4. The van der Waals surface area contributed by atoms with Crippen molar-refractivity contribution < 1.29 is 19.0 Å². The Labute approximate surface area is 82.6 Å². The fourth-order valence-corrected chi connectivity index (χ4v) is 1.52. The molecule has 5 heteroatoms. The lowest BCUT2D eigenvalue weighted by Gasteiger charge is -2.19. The molecular weight excluding hydrogens is 189 g/mol. The van der Waals surface area contributed by atoms with Gasteiger partial charge in [-0.05, 0) is 13.8 Å². The third-order valence-corrected chi connectivity index (χ3v) is 2.38. The molecule has 82 valence electrons. The summed E-state index contributed by atoms with van der Waals surface area (Å²) >= 11 is 0. The first-order chi connectivity index (χ1) is 6.50. The van der Waals surface area contributed by atoms with Crippen LogP contribution in [0.2, 0.25) is 0 Å². The van der Waals surface area contributed by atoms with Gasteiger partial charge in [-0.2, -0.15) is 0 Å². The summed E-state index contributed by atoms with van der Waals surface area (Å²) in [7, 11) is 0. The molecule has 0 aromatic heterocycles. The molecule has 0 spiro atoms. The number of alkyl halides is 1. The van der Waals surface area contributed by atoms with Crippen molar-refractivity contribution in [3.63, 3.8) is 0 Å². The molecule has 1 saturated heterocycles.